The van der Waals surface area contributed by atoms with Crippen LogP contribution in [0.3, 0.4) is 0 Å². The van der Waals surface area contributed by atoms with Crippen molar-refractivity contribution in [3.63, 3.8) is 0 Å². The molecular weight excluding hydrogens is 384 g/mol. The van der Waals surface area contributed by atoms with Crippen molar-refractivity contribution in [3.8, 4) is 0 Å². The summed E-state index contributed by atoms with van der Waals surface area (Å²) in [7, 11) is 0. The number of carbonyl (C=O) groups is 2. The van der Waals surface area contributed by atoms with Crippen LogP contribution in [0.15, 0.2) is 29.6 Å². The zero-order valence-electron chi connectivity index (χ0n) is 17.4. The highest BCUT2D eigenvalue weighted by molar-refractivity contribution is 7.09. The quantitative estimate of drug-likeness (QED) is 0.726. The number of hydrogen-bond acceptors (Lipinski definition) is 5. The number of nitrogens with zero attached hydrogens (tertiary/aromatic N) is 2. The van der Waals surface area contributed by atoms with Gasteiger partial charge in [-0.3, -0.25) is 14.5 Å². The minimum absolute atomic E-state index is 0.00214. The summed E-state index contributed by atoms with van der Waals surface area (Å²) in [6, 6.07) is 7.63. The smallest absolute Gasteiger partial charge is 0.226 e. The van der Waals surface area contributed by atoms with Crippen LogP contribution in [-0.4, -0.2) is 34.8 Å². The van der Waals surface area contributed by atoms with Gasteiger partial charge in [0.25, 0.3) is 0 Å². The number of nitrogens with one attached hydrogen (secondary N) is 2. The van der Waals surface area contributed by atoms with Crippen LogP contribution in [0.1, 0.15) is 43.0 Å². The maximum Gasteiger partial charge on any atom is 0.226 e. The zero-order chi connectivity index (χ0) is 20.8. The number of carbonyl (C=O) groups excluding carboxylic acids is 2. The fraction of sp³-hybridized carbons (Fsp3) is 0.500. The number of likely N-dealkylation sites (tertiary alicyclic amines) is 1. The number of amides is 2. The summed E-state index contributed by atoms with van der Waals surface area (Å²) in [5.41, 5.74) is 2.93. The Balaban J connectivity index is 1.40. The van der Waals surface area contributed by atoms with Crippen molar-refractivity contribution in [2.75, 3.05) is 18.4 Å². The molecule has 29 heavy (non-hydrogen) atoms. The van der Waals surface area contributed by atoms with Crippen molar-refractivity contribution in [1.82, 2.24) is 15.2 Å². The molecule has 1 aromatic heterocycles. The maximum absolute atomic E-state index is 12.5. The average Bonchev–Trinajstić information content (AvgIpc) is 3.12. The van der Waals surface area contributed by atoms with E-state index in [9.17, 15) is 9.59 Å². The zero-order valence-corrected chi connectivity index (χ0v) is 18.2. The first-order chi connectivity index (χ1) is 13.9. The predicted molar refractivity (Wildman–Crippen MR) is 117 cm³/mol. The second-order valence-corrected chi connectivity index (χ2v) is 9.03. The molecule has 6 nitrogen and oxygen atoms in total. The van der Waals surface area contributed by atoms with Crippen molar-refractivity contribution in [2.24, 2.45) is 11.8 Å². The minimum atomic E-state index is -0.0500. The van der Waals surface area contributed by atoms with Gasteiger partial charge in [-0.15, -0.1) is 11.3 Å². The lowest BCUT2D eigenvalue weighted by Gasteiger charge is -2.30. The van der Waals surface area contributed by atoms with E-state index >= 15 is 0 Å². The number of thiazole rings is 1. The maximum atomic E-state index is 12.5. The lowest BCUT2D eigenvalue weighted by molar-refractivity contribution is -0.126. The van der Waals surface area contributed by atoms with E-state index in [4.69, 9.17) is 0 Å². The van der Waals surface area contributed by atoms with Crippen molar-refractivity contribution in [2.45, 2.75) is 46.7 Å². The normalized spacial score (nSPS) is 15.4. The molecule has 2 aromatic rings. The Morgan fingerprint density at radius 3 is 2.48 bits per heavy atom. The highest BCUT2D eigenvalue weighted by Crippen LogP contribution is 2.20. The SMILES string of the molecule is Cc1nc(CN2CCC(C(=O)NCc3ccc(NC(=O)C(C)C)cc3)CC2)cs1. The van der Waals surface area contributed by atoms with E-state index in [1.165, 1.54) is 0 Å². The van der Waals surface area contributed by atoms with Gasteiger partial charge in [0.15, 0.2) is 0 Å². The van der Waals surface area contributed by atoms with E-state index in [1.54, 1.807) is 11.3 Å². The van der Waals surface area contributed by atoms with E-state index in [2.05, 4.69) is 25.9 Å². The van der Waals surface area contributed by atoms with Gasteiger partial charge in [-0.05, 0) is 50.6 Å². The predicted octanol–water partition coefficient (Wildman–Crippen LogP) is 3.57. The second-order valence-electron chi connectivity index (χ2n) is 7.97. The van der Waals surface area contributed by atoms with Crippen LogP contribution < -0.4 is 10.6 Å². The summed E-state index contributed by atoms with van der Waals surface area (Å²) < 4.78 is 0. The number of aryl methyl sites for hydroxylation is 1. The van der Waals surface area contributed by atoms with Crippen LogP contribution in [-0.2, 0) is 22.7 Å². The Kier molecular flexibility index (Phi) is 7.39. The third-order valence-electron chi connectivity index (χ3n) is 5.22. The molecular formula is C22H30N4O2S. The Hall–Kier alpha value is -2.25. The van der Waals surface area contributed by atoms with E-state index in [0.717, 1.165) is 54.4 Å². The third kappa shape index (κ3) is 6.37. The first-order valence-corrected chi connectivity index (χ1v) is 11.1. The van der Waals surface area contributed by atoms with Crippen LogP contribution in [0, 0.1) is 18.8 Å². The van der Waals surface area contributed by atoms with Gasteiger partial charge in [-0.25, -0.2) is 4.98 Å². The molecule has 2 heterocycles. The molecule has 0 unspecified atom stereocenters. The van der Waals surface area contributed by atoms with Crippen LogP contribution >= 0.6 is 11.3 Å². The molecule has 1 saturated heterocycles. The standard InChI is InChI=1S/C22H30N4O2S/c1-15(2)21(27)25-19-6-4-17(5-7-19)12-23-22(28)18-8-10-26(11-9-18)13-20-14-29-16(3)24-20/h4-7,14-15,18H,8-13H2,1-3H3,(H,23,28)(H,25,27). The van der Waals surface area contributed by atoms with Crippen LogP contribution in [0.4, 0.5) is 5.69 Å². The number of piperidine rings is 1. The molecule has 1 fully saturated rings. The van der Waals surface area contributed by atoms with Crippen molar-refractivity contribution in [3.05, 3.63) is 45.9 Å². The number of aromatic nitrogens is 1. The summed E-state index contributed by atoms with van der Waals surface area (Å²) >= 11 is 1.69. The molecule has 0 bridgehead atoms. The van der Waals surface area contributed by atoms with Gasteiger partial charge in [0.2, 0.25) is 11.8 Å². The number of benzene rings is 1. The first-order valence-electron chi connectivity index (χ1n) is 10.2. The van der Waals surface area contributed by atoms with Crippen molar-refractivity contribution >= 4 is 28.8 Å². The lowest BCUT2D eigenvalue weighted by Crippen LogP contribution is -2.40. The summed E-state index contributed by atoms with van der Waals surface area (Å²) in [5, 5.41) is 9.15. The highest BCUT2D eigenvalue weighted by Gasteiger charge is 2.25. The Labute approximate surface area is 176 Å². The minimum Gasteiger partial charge on any atom is -0.352 e. The van der Waals surface area contributed by atoms with Gasteiger partial charge >= 0.3 is 0 Å². The molecule has 1 aromatic carbocycles. The van der Waals surface area contributed by atoms with Crippen molar-refractivity contribution in [1.29, 1.82) is 0 Å². The molecule has 0 atom stereocenters. The molecule has 1 aliphatic rings. The van der Waals surface area contributed by atoms with Gasteiger partial charge in [-0.1, -0.05) is 26.0 Å². The second kappa shape index (κ2) is 9.98. The van der Waals surface area contributed by atoms with Crippen LogP contribution in [0.5, 0.6) is 0 Å². The van der Waals surface area contributed by atoms with Crippen molar-refractivity contribution < 1.29 is 9.59 Å². The van der Waals surface area contributed by atoms with Gasteiger partial charge < -0.3 is 10.6 Å². The van der Waals surface area contributed by atoms with Crippen LogP contribution in [0.25, 0.3) is 0 Å². The van der Waals surface area contributed by atoms with E-state index in [-0.39, 0.29) is 23.7 Å². The molecule has 3 rings (SSSR count). The topological polar surface area (TPSA) is 74.3 Å². The summed E-state index contributed by atoms with van der Waals surface area (Å²) in [5.74, 6) is 0.160. The third-order valence-corrected chi connectivity index (χ3v) is 6.05. The number of rotatable bonds is 7. The first kappa shape index (κ1) is 21.5. The summed E-state index contributed by atoms with van der Waals surface area (Å²) in [6.45, 7) is 9.00. The van der Waals surface area contributed by atoms with E-state index in [0.29, 0.717) is 6.54 Å². The van der Waals surface area contributed by atoms with E-state index in [1.807, 2.05) is 45.0 Å². The highest BCUT2D eigenvalue weighted by atomic mass is 32.1. The molecule has 0 aliphatic carbocycles. The fourth-order valence-corrected chi connectivity index (χ4v) is 3.99. The molecule has 2 amide bonds. The molecule has 2 N–H and O–H groups in total. The van der Waals surface area contributed by atoms with Gasteiger partial charge in [-0.2, -0.15) is 0 Å². The van der Waals surface area contributed by atoms with Gasteiger partial charge in [0, 0.05) is 36.0 Å². The van der Waals surface area contributed by atoms with Crippen LogP contribution in [0.2, 0.25) is 0 Å². The Morgan fingerprint density at radius 2 is 1.90 bits per heavy atom. The molecule has 156 valence electrons. The summed E-state index contributed by atoms with van der Waals surface area (Å²) in [6.07, 6.45) is 1.77. The van der Waals surface area contributed by atoms with Gasteiger partial charge in [0.05, 0.1) is 10.7 Å². The monoisotopic (exact) mass is 414 g/mol. The number of anilines is 1. The largest absolute Gasteiger partial charge is 0.352 e. The molecule has 0 saturated carbocycles. The Bertz CT molecular complexity index is 824. The fourth-order valence-electron chi connectivity index (χ4n) is 3.39. The molecule has 7 heteroatoms. The molecule has 0 radical (unpaired) electrons. The lowest BCUT2D eigenvalue weighted by atomic mass is 9.95. The Morgan fingerprint density at radius 1 is 1.21 bits per heavy atom. The molecule has 1 aliphatic heterocycles. The molecule has 0 spiro atoms. The van der Waals surface area contributed by atoms with E-state index < -0.39 is 0 Å². The van der Waals surface area contributed by atoms with Gasteiger partial charge in [0.1, 0.15) is 0 Å². The average molecular weight is 415 g/mol. The number of hydrogen-bond donors (Lipinski definition) is 2. The summed E-state index contributed by atoms with van der Waals surface area (Å²) in [4.78, 5) is 31.2.